The van der Waals surface area contributed by atoms with Crippen LogP contribution in [-0.2, 0) is 10.0 Å². The average molecular weight is 456 g/mol. The summed E-state index contributed by atoms with van der Waals surface area (Å²) < 4.78 is 41.8. The summed E-state index contributed by atoms with van der Waals surface area (Å²) in [7, 11) is -4.00. The molecule has 0 atom stereocenters. The number of aromatic nitrogens is 1. The number of benzene rings is 3. The first kappa shape index (κ1) is 21.0. The number of aryl methyl sites for hydroxylation is 2. The van der Waals surface area contributed by atoms with E-state index in [1.54, 1.807) is 12.1 Å². The van der Waals surface area contributed by atoms with Crippen molar-refractivity contribution in [3.8, 4) is 0 Å². The Morgan fingerprint density at radius 3 is 2.48 bits per heavy atom. The second-order valence-corrected chi connectivity index (χ2v) is 9.69. The van der Waals surface area contributed by atoms with E-state index in [1.165, 1.54) is 23.5 Å². The van der Waals surface area contributed by atoms with Gasteiger partial charge in [-0.05, 0) is 67.4 Å². The number of hydrogen-bond donors (Lipinski definition) is 2. The van der Waals surface area contributed by atoms with Crippen molar-refractivity contribution in [1.82, 2.24) is 4.98 Å². The Morgan fingerprint density at radius 2 is 1.74 bits per heavy atom. The summed E-state index contributed by atoms with van der Waals surface area (Å²) in [5.74, 6) is -1.04. The first-order chi connectivity index (χ1) is 14.7. The van der Waals surface area contributed by atoms with E-state index in [2.05, 4.69) is 15.0 Å². The van der Waals surface area contributed by atoms with Crippen LogP contribution >= 0.6 is 11.3 Å². The SMILES string of the molecule is Cc1cc(C)c2sc(NC(=O)c3ccccc3NS(=O)(=O)c3ccc(F)cc3)nc2c1. The van der Waals surface area contributed by atoms with Crippen LogP contribution in [0.3, 0.4) is 0 Å². The highest BCUT2D eigenvalue weighted by atomic mass is 32.2. The van der Waals surface area contributed by atoms with Crippen LogP contribution in [0.5, 0.6) is 0 Å². The molecule has 0 saturated heterocycles. The van der Waals surface area contributed by atoms with Crippen LogP contribution < -0.4 is 10.0 Å². The second kappa shape index (κ2) is 8.09. The quantitative estimate of drug-likeness (QED) is 0.438. The number of fused-ring (bicyclic) bond motifs is 1. The van der Waals surface area contributed by atoms with Crippen LogP contribution in [0.2, 0.25) is 0 Å². The number of rotatable bonds is 5. The fourth-order valence-electron chi connectivity index (χ4n) is 3.18. The second-order valence-electron chi connectivity index (χ2n) is 7.01. The maximum absolute atomic E-state index is 13.1. The minimum Gasteiger partial charge on any atom is -0.298 e. The molecule has 6 nitrogen and oxygen atoms in total. The molecule has 0 fully saturated rings. The molecule has 4 aromatic rings. The van der Waals surface area contributed by atoms with Gasteiger partial charge in [0.2, 0.25) is 0 Å². The van der Waals surface area contributed by atoms with Gasteiger partial charge in [0.1, 0.15) is 5.82 Å². The normalized spacial score (nSPS) is 11.5. The largest absolute Gasteiger partial charge is 0.298 e. The van der Waals surface area contributed by atoms with E-state index in [0.29, 0.717) is 5.13 Å². The van der Waals surface area contributed by atoms with Gasteiger partial charge in [-0.3, -0.25) is 14.8 Å². The van der Waals surface area contributed by atoms with Crippen molar-refractivity contribution in [2.45, 2.75) is 18.7 Å². The molecule has 158 valence electrons. The van der Waals surface area contributed by atoms with Crippen molar-refractivity contribution in [3.63, 3.8) is 0 Å². The van der Waals surface area contributed by atoms with E-state index < -0.39 is 21.7 Å². The molecule has 0 aliphatic heterocycles. The number of nitrogens with one attached hydrogen (secondary N) is 2. The third kappa shape index (κ3) is 4.42. The Balaban J connectivity index is 1.61. The molecule has 0 aliphatic rings. The fraction of sp³-hybridized carbons (Fsp3) is 0.0909. The number of para-hydroxylation sites is 1. The van der Waals surface area contributed by atoms with Gasteiger partial charge in [0, 0.05) is 0 Å². The van der Waals surface area contributed by atoms with Gasteiger partial charge in [-0.1, -0.05) is 29.5 Å². The summed E-state index contributed by atoms with van der Waals surface area (Å²) in [5, 5.41) is 3.17. The molecule has 2 N–H and O–H groups in total. The first-order valence-electron chi connectivity index (χ1n) is 9.29. The molecule has 0 spiro atoms. The fourth-order valence-corrected chi connectivity index (χ4v) is 5.17. The Kier molecular flexibility index (Phi) is 5.47. The lowest BCUT2D eigenvalue weighted by Gasteiger charge is -2.12. The number of hydrogen-bond acceptors (Lipinski definition) is 5. The number of carbonyl (C=O) groups excluding carboxylic acids is 1. The summed E-state index contributed by atoms with van der Waals surface area (Å²) in [4.78, 5) is 17.3. The number of thiazole rings is 1. The Hall–Kier alpha value is -3.30. The Labute approximate surface area is 182 Å². The van der Waals surface area contributed by atoms with Gasteiger partial charge < -0.3 is 0 Å². The van der Waals surface area contributed by atoms with Gasteiger partial charge in [0.05, 0.1) is 26.4 Å². The zero-order valence-corrected chi connectivity index (χ0v) is 18.3. The molecule has 1 amide bonds. The van der Waals surface area contributed by atoms with Crippen molar-refractivity contribution in [2.24, 2.45) is 0 Å². The van der Waals surface area contributed by atoms with Crippen molar-refractivity contribution >= 4 is 48.3 Å². The van der Waals surface area contributed by atoms with Crippen molar-refractivity contribution in [1.29, 1.82) is 0 Å². The molecule has 0 unspecified atom stereocenters. The smallest absolute Gasteiger partial charge is 0.261 e. The highest BCUT2D eigenvalue weighted by Gasteiger charge is 2.20. The number of sulfonamides is 1. The third-order valence-electron chi connectivity index (χ3n) is 4.58. The molecule has 0 aliphatic carbocycles. The number of amides is 1. The number of nitrogens with zero attached hydrogens (tertiary/aromatic N) is 1. The molecule has 0 bridgehead atoms. The van der Waals surface area contributed by atoms with Gasteiger partial charge in [0.25, 0.3) is 15.9 Å². The van der Waals surface area contributed by atoms with E-state index in [4.69, 9.17) is 0 Å². The number of carbonyl (C=O) groups is 1. The summed E-state index contributed by atoms with van der Waals surface area (Å²) >= 11 is 1.36. The molecule has 1 heterocycles. The van der Waals surface area contributed by atoms with Gasteiger partial charge in [-0.25, -0.2) is 17.8 Å². The van der Waals surface area contributed by atoms with E-state index >= 15 is 0 Å². The molecular formula is C22H18FN3O3S2. The third-order valence-corrected chi connectivity index (χ3v) is 7.08. The highest BCUT2D eigenvalue weighted by Crippen LogP contribution is 2.30. The monoisotopic (exact) mass is 455 g/mol. The van der Waals surface area contributed by atoms with Crippen molar-refractivity contribution in [2.75, 3.05) is 10.0 Å². The Morgan fingerprint density at radius 1 is 1.03 bits per heavy atom. The molecule has 31 heavy (non-hydrogen) atoms. The predicted molar refractivity (Wildman–Crippen MR) is 121 cm³/mol. The lowest BCUT2D eigenvalue weighted by molar-refractivity contribution is 0.102. The highest BCUT2D eigenvalue weighted by molar-refractivity contribution is 7.92. The number of halogens is 1. The van der Waals surface area contributed by atoms with E-state index in [0.717, 1.165) is 45.6 Å². The van der Waals surface area contributed by atoms with E-state index in [1.807, 2.05) is 26.0 Å². The maximum atomic E-state index is 13.1. The molecule has 1 aromatic heterocycles. The molecule has 9 heteroatoms. The van der Waals surface area contributed by atoms with Gasteiger partial charge in [0.15, 0.2) is 5.13 Å². The van der Waals surface area contributed by atoms with Crippen LogP contribution in [0, 0.1) is 19.7 Å². The van der Waals surface area contributed by atoms with Crippen LogP contribution in [0.4, 0.5) is 15.2 Å². The topological polar surface area (TPSA) is 88.2 Å². The molecular weight excluding hydrogens is 437 g/mol. The van der Waals surface area contributed by atoms with Gasteiger partial charge in [-0.2, -0.15) is 0 Å². The van der Waals surface area contributed by atoms with Gasteiger partial charge in [-0.15, -0.1) is 0 Å². The summed E-state index contributed by atoms with van der Waals surface area (Å²) in [6.45, 7) is 3.96. The summed E-state index contributed by atoms with van der Waals surface area (Å²) in [6.07, 6.45) is 0. The molecule has 0 radical (unpaired) electrons. The molecule has 0 saturated carbocycles. The van der Waals surface area contributed by atoms with Crippen LogP contribution in [0.1, 0.15) is 21.5 Å². The minimum atomic E-state index is -4.00. The summed E-state index contributed by atoms with van der Waals surface area (Å²) in [6, 6.07) is 14.7. The first-order valence-corrected chi connectivity index (χ1v) is 11.6. The standard InChI is InChI=1S/C22H18FN3O3S2/c1-13-11-14(2)20-19(12-13)24-22(30-20)25-21(27)17-5-3-4-6-18(17)26-31(28,29)16-9-7-15(23)8-10-16/h3-12,26H,1-2H3,(H,24,25,27). The lowest BCUT2D eigenvalue weighted by atomic mass is 10.1. The van der Waals surface area contributed by atoms with E-state index in [-0.39, 0.29) is 16.1 Å². The van der Waals surface area contributed by atoms with Crippen LogP contribution in [-0.4, -0.2) is 19.3 Å². The average Bonchev–Trinajstić information content (AvgIpc) is 3.11. The number of anilines is 2. The predicted octanol–water partition coefficient (Wildman–Crippen LogP) is 5.11. The van der Waals surface area contributed by atoms with Gasteiger partial charge >= 0.3 is 0 Å². The molecule has 4 rings (SSSR count). The van der Waals surface area contributed by atoms with Crippen molar-refractivity contribution in [3.05, 3.63) is 83.2 Å². The lowest BCUT2D eigenvalue weighted by Crippen LogP contribution is -2.18. The van der Waals surface area contributed by atoms with Crippen LogP contribution in [0.15, 0.2) is 65.6 Å². The molecule has 3 aromatic carbocycles. The summed E-state index contributed by atoms with van der Waals surface area (Å²) in [5.41, 5.74) is 3.19. The van der Waals surface area contributed by atoms with Crippen molar-refractivity contribution < 1.29 is 17.6 Å². The minimum absolute atomic E-state index is 0.109. The zero-order chi connectivity index (χ0) is 22.2. The van der Waals surface area contributed by atoms with Crippen LogP contribution in [0.25, 0.3) is 10.2 Å². The Bertz CT molecular complexity index is 1400. The maximum Gasteiger partial charge on any atom is 0.261 e. The van der Waals surface area contributed by atoms with E-state index in [9.17, 15) is 17.6 Å². The zero-order valence-electron chi connectivity index (χ0n) is 16.6.